The summed E-state index contributed by atoms with van der Waals surface area (Å²) in [6.07, 6.45) is 4.56. The van der Waals surface area contributed by atoms with E-state index < -0.39 is 36.1 Å². The van der Waals surface area contributed by atoms with Crippen LogP contribution in [0.15, 0.2) is 12.4 Å². The van der Waals surface area contributed by atoms with Crippen molar-refractivity contribution in [2.75, 3.05) is 18.4 Å². The Bertz CT molecular complexity index is 871. The van der Waals surface area contributed by atoms with E-state index in [1.807, 2.05) is 27.7 Å². The average Bonchev–Trinajstić information content (AvgIpc) is 3.26. The van der Waals surface area contributed by atoms with Crippen molar-refractivity contribution in [2.24, 2.45) is 0 Å². The van der Waals surface area contributed by atoms with Gasteiger partial charge in [0.15, 0.2) is 0 Å². The third-order valence-electron chi connectivity index (χ3n) is 6.46. The number of ether oxygens (including phenoxy) is 1. The summed E-state index contributed by atoms with van der Waals surface area (Å²) in [7, 11) is -0.513. The molecule has 0 aliphatic carbocycles. The first-order valence-electron chi connectivity index (χ1n) is 11.9. The molecule has 2 fully saturated rings. The Hall–Kier alpha value is -2.40. The van der Waals surface area contributed by atoms with Crippen molar-refractivity contribution < 1.29 is 23.6 Å². The Balaban J connectivity index is 1.53. The highest BCUT2D eigenvalue weighted by Gasteiger charge is 2.52. The summed E-state index contributed by atoms with van der Waals surface area (Å²) in [4.78, 5) is 35.6. The van der Waals surface area contributed by atoms with E-state index >= 15 is 0 Å². The number of carbonyl (C=O) groups is 2. The van der Waals surface area contributed by atoms with E-state index in [9.17, 15) is 9.59 Å². The van der Waals surface area contributed by atoms with Crippen LogP contribution in [0.1, 0.15) is 68.2 Å². The Morgan fingerprint density at radius 3 is 2.35 bits per heavy atom. The van der Waals surface area contributed by atoms with Crippen molar-refractivity contribution in [3.8, 4) is 0 Å². The number of alkyl carbamates (subject to hydrolysis) is 1. The molecule has 0 bridgehead atoms. The van der Waals surface area contributed by atoms with Gasteiger partial charge in [-0.15, -0.1) is 0 Å². The van der Waals surface area contributed by atoms with Gasteiger partial charge in [0, 0.05) is 37.0 Å². The molecule has 3 heterocycles. The summed E-state index contributed by atoms with van der Waals surface area (Å²) < 4.78 is 17.3. The molecule has 2 amide bonds. The van der Waals surface area contributed by atoms with Gasteiger partial charge in [0.2, 0.25) is 11.9 Å². The molecule has 2 unspecified atom stereocenters. The van der Waals surface area contributed by atoms with Gasteiger partial charge >= 0.3 is 13.2 Å². The molecular formula is C23H38BN5O5. The molecule has 0 aromatic carbocycles. The molecule has 2 N–H and O–H groups in total. The Kier molecular flexibility index (Phi) is 7.47. The molecule has 188 valence electrons. The monoisotopic (exact) mass is 475 g/mol. The van der Waals surface area contributed by atoms with E-state index in [4.69, 9.17) is 14.0 Å². The number of likely N-dealkylation sites (tertiary alicyclic amines) is 1. The maximum absolute atomic E-state index is 12.9. The zero-order valence-electron chi connectivity index (χ0n) is 21.6. The summed E-state index contributed by atoms with van der Waals surface area (Å²) in [6, 6.07) is -0.687. The molecule has 2 aliphatic rings. The van der Waals surface area contributed by atoms with E-state index in [0.717, 1.165) is 18.3 Å². The second-order valence-corrected chi connectivity index (χ2v) is 11.0. The molecule has 2 aliphatic heterocycles. The maximum atomic E-state index is 12.9. The minimum Gasteiger partial charge on any atom is -0.444 e. The number of nitrogens with zero attached hydrogens (tertiary/aromatic N) is 3. The van der Waals surface area contributed by atoms with Crippen LogP contribution >= 0.6 is 0 Å². The van der Waals surface area contributed by atoms with Gasteiger partial charge in [0.25, 0.3) is 0 Å². The van der Waals surface area contributed by atoms with Gasteiger partial charge in [-0.05, 0) is 68.2 Å². The lowest BCUT2D eigenvalue weighted by molar-refractivity contribution is -0.133. The summed E-state index contributed by atoms with van der Waals surface area (Å²) in [5.41, 5.74) is -0.723. The largest absolute Gasteiger partial charge is 0.498 e. The Labute approximate surface area is 202 Å². The smallest absolute Gasteiger partial charge is 0.444 e. The standard InChI is InChI=1S/C23H38BN5O5/c1-15(28-20(31)32-21(2,3)4)18(30)29-11-9-10-17(29)14-27-19-25-12-16(13-26-19)24-33-22(5,6)23(7,8)34-24/h12-13,15,17H,9-11,14H2,1-8H3,(H,28,31)(H,25,26,27). The van der Waals surface area contributed by atoms with Gasteiger partial charge in [-0.3, -0.25) is 4.79 Å². The first-order valence-corrected chi connectivity index (χ1v) is 11.9. The lowest BCUT2D eigenvalue weighted by atomic mass is 9.81. The molecule has 3 rings (SSSR count). The van der Waals surface area contributed by atoms with Crippen LogP contribution in [-0.2, 0) is 18.8 Å². The second kappa shape index (κ2) is 9.69. The zero-order valence-corrected chi connectivity index (χ0v) is 21.6. The second-order valence-electron chi connectivity index (χ2n) is 11.0. The van der Waals surface area contributed by atoms with Crippen LogP contribution in [0, 0.1) is 0 Å². The average molecular weight is 475 g/mol. The first kappa shape index (κ1) is 26.2. The molecule has 1 aromatic heterocycles. The number of hydrogen-bond donors (Lipinski definition) is 2. The van der Waals surface area contributed by atoms with E-state index in [1.165, 1.54) is 0 Å². The van der Waals surface area contributed by atoms with Crippen LogP contribution in [0.3, 0.4) is 0 Å². The number of aromatic nitrogens is 2. The molecular weight excluding hydrogens is 437 g/mol. The Morgan fingerprint density at radius 1 is 1.21 bits per heavy atom. The van der Waals surface area contributed by atoms with Crippen LogP contribution in [0.2, 0.25) is 0 Å². The summed E-state index contributed by atoms with van der Waals surface area (Å²) in [6.45, 7) is 16.2. The molecule has 10 nitrogen and oxygen atoms in total. The highest BCUT2D eigenvalue weighted by Crippen LogP contribution is 2.36. The molecule has 1 aromatic rings. The van der Waals surface area contributed by atoms with E-state index in [1.54, 1.807) is 45.0 Å². The quantitative estimate of drug-likeness (QED) is 0.602. The lowest BCUT2D eigenvalue weighted by Crippen LogP contribution is -2.50. The molecule has 11 heteroatoms. The SMILES string of the molecule is CC(NC(=O)OC(C)(C)C)C(=O)N1CCCC1CNc1ncc(B2OC(C)(C)C(C)(C)O2)cn1. The van der Waals surface area contributed by atoms with Crippen LogP contribution in [0.4, 0.5) is 10.7 Å². The van der Waals surface area contributed by atoms with Gasteiger partial charge in [-0.2, -0.15) is 0 Å². The fourth-order valence-electron chi connectivity index (χ4n) is 3.87. The summed E-state index contributed by atoms with van der Waals surface area (Å²) in [5.74, 6) is 0.340. The number of amides is 2. The first-order chi connectivity index (χ1) is 15.7. The van der Waals surface area contributed by atoms with E-state index in [-0.39, 0.29) is 11.9 Å². The van der Waals surface area contributed by atoms with Crippen LogP contribution in [0.25, 0.3) is 0 Å². The Morgan fingerprint density at radius 2 is 1.79 bits per heavy atom. The van der Waals surface area contributed by atoms with Gasteiger partial charge in [0.1, 0.15) is 11.6 Å². The van der Waals surface area contributed by atoms with Crippen molar-refractivity contribution in [2.45, 2.75) is 97.1 Å². The zero-order chi connectivity index (χ0) is 25.3. The maximum Gasteiger partial charge on any atom is 0.498 e. The van der Waals surface area contributed by atoms with Gasteiger partial charge < -0.3 is 29.6 Å². The van der Waals surface area contributed by atoms with Crippen molar-refractivity contribution in [1.82, 2.24) is 20.2 Å². The van der Waals surface area contributed by atoms with E-state index in [2.05, 4.69) is 20.6 Å². The van der Waals surface area contributed by atoms with Gasteiger partial charge in [0.05, 0.1) is 11.2 Å². The van der Waals surface area contributed by atoms with Crippen LogP contribution < -0.4 is 16.1 Å². The van der Waals surface area contributed by atoms with Crippen molar-refractivity contribution >= 4 is 30.5 Å². The van der Waals surface area contributed by atoms with Gasteiger partial charge in [-0.25, -0.2) is 14.8 Å². The van der Waals surface area contributed by atoms with Gasteiger partial charge in [-0.1, -0.05) is 0 Å². The summed E-state index contributed by atoms with van der Waals surface area (Å²) in [5, 5.41) is 5.85. The number of carbonyl (C=O) groups excluding carboxylic acids is 2. The molecule has 0 saturated carbocycles. The molecule has 34 heavy (non-hydrogen) atoms. The van der Waals surface area contributed by atoms with E-state index in [0.29, 0.717) is 19.0 Å². The number of nitrogens with one attached hydrogen (secondary N) is 2. The minimum absolute atomic E-state index is 0.0123. The fraction of sp³-hybridized carbons (Fsp3) is 0.739. The number of anilines is 1. The topological polar surface area (TPSA) is 115 Å². The fourth-order valence-corrected chi connectivity index (χ4v) is 3.87. The van der Waals surface area contributed by atoms with Crippen molar-refractivity contribution in [3.05, 3.63) is 12.4 Å². The van der Waals surface area contributed by atoms with Crippen LogP contribution in [0.5, 0.6) is 0 Å². The van der Waals surface area contributed by atoms with Crippen molar-refractivity contribution in [3.63, 3.8) is 0 Å². The van der Waals surface area contributed by atoms with Crippen LogP contribution in [-0.4, -0.2) is 76.0 Å². The third kappa shape index (κ3) is 6.18. The predicted molar refractivity (Wildman–Crippen MR) is 130 cm³/mol. The number of hydrogen-bond acceptors (Lipinski definition) is 8. The molecule has 0 spiro atoms. The number of rotatable bonds is 6. The lowest BCUT2D eigenvalue weighted by Gasteiger charge is -2.32. The highest BCUT2D eigenvalue weighted by molar-refractivity contribution is 6.61. The molecule has 2 saturated heterocycles. The molecule has 0 radical (unpaired) electrons. The third-order valence-corrected chi connectivity index (χ3v) is 6.46. The minimum atomic E-state index is -0.675. The van der Waals surface area contributed by atoms with Crippen molar-refractivity contribution in [1.29, 1.82) is 0 Å². The normalized spacial score (nSPS) is 22.4. The highest BCUT2D eigenvalue weighted by atomic mass is 16.7. The summed E-state index contributed by atoms with van der Waals surface area (Å²) >= 11 is 0. The predicted octanol–water partition coefficient (Wildman–Crippen LogP) is 2.09. The molecule has 2 atom stereocenters.